The highest BCUT2D eigenvalue weighted by Crippen LogP contribution is 2.33. The number of carbonyl (C=O) groups excluding carboxylic acids is 1. The number of anilines is 1. The summed E-state index contributed by atoms with van der Waals surface area (Å²) in [6, 6.07) is 7.29. The lowest BCUT2D eigenvalue weighted by molar-refractivity contribution is -0.138. The predicted octanol–water partition coefficient (Wildman–Crippen LogP) is 2.81. The van der Waals surface area contributed by atoms with Gasteiger partial charge in [0.15, 0.2) is 0 Å². The number of nitrogens with one attached hydrogen (secondary N) is 1. The maximum atomic E-state index is 12.4. The monoisotopic (exact) mass is 340 g/mol. The Bertz CT molecular complexity index is 791. The molecule has 1 amide bonds. The SMILES string of the molecule is N#C/C(=C/c1ccc(O)cc1)C(=O)Nc1nnc(C(F)(F)F)s1. The third kappa shape index (κ3) is 4.27. The number of aromatic hydroxyl groups is 1. The van der Waals surface area contributed by atoms with Gasteiger partial charge in [-0.25, -0.2) is 0 Å². The predicted molar refractivity (Wildman–Crippen MR) is 75.2 cm³/mol. The first kappa shape index (κ1) is 16.4. The summed E-state index contributed by atoms with van der Waals surface area (Å²) in [6.07, 6.45) is -3.43. The van der Waals surface area contributed by atoms with Gasteiger partial charge in [-0.2, -0.15) is 18.4 Å². The van der Waals surface area contributed by atoms with Crippen molar-refractivity contribution in [3.05, 3.63) is 40.4 Å². The van der Waals surface area contributed by atoms with Gasteiger partial charge in [-0.05, 0) is 23.8 Å². The molecule has 0 radical (unpaired) electrons. The second kappa shape index (κ2) is 6.45. The number of hydrogen-bond donors (Lipinski definition) is 2. The molecule has 0 bridgehead atoms. The Kier molecular flexibility index (Phi) is 4.61. The van der Waals surface area contributed by atoms with Crippen LogP contribution in [0.3, 0.4) is 0 Å². The van der Waals surface area contributed by atoms with E-state index in [1.54, 1.807) is 6.07 Å². The van der Waals surface area contributed by atoms with E-state index in [0.29, 0.717) is 5.56 Å². The maximum Gasteiger partial charge on any atom is 0.445 e. The number of nitrogens with zero attached hydrogens (tertiary/aromatic N) is 3. The van der Waals surface area contributed by atoms with Crippen LogP contribution in [0.4, 0.5) is 18.3 Å². The van der Waals surface area contributed by atoms with Gasteiger partial charge in [-0.1, -0.05) is 23.5 Å². The van der Waals surface area contributed by atoms with Crippen LogP contribution in [-0.4, -0.2) is 21.2 Å². The topological polar surface area (TPSA) is 98.9 Å². The highest BCUT2D eigenvalue weighted by Gasteiger charge is 2.35. The van der Waals surface area contributed by atoms with E-state index in [4.69, 9.17) is 10.4 Å². The molecule has 0 saturated heterocycles. The van der Waals surface area contributed by atoms with Crippen molar-refractivity contribution in [1.82, 2.24) is 10.2 Å². The average molecular weight is 340 g/mol. The summed E-state index contributed by atoms with van der Waals surface area (Å²) in [5.41, 5.74) is 0.127. The highest BCUT2D eigenvalue weighted by molar-refractivity contribution is 7.15. The van der Waals surface area contributed by atoms with E-state index < -0.39 is 17.1 Å². The van der Waals surface area contributed by atoms with Gasteiger partial charge in [0, 0.05) is 0 Å². The first-order valence-electron chi connectivity index (χ1n) is 5.92. The quantitative estimate of drug-likeness (QED) is 0.661. The largest absolute Gasteiger partial charge is 0.508 e. The second-order valence-electron chi connectivity index (χ2n) is 4.13. The number of benzene rings is 1. The number of halogens is 3. The fourth-order valence-corrected chi connectivity index (χ4v) is 2.04. The molecule has 10 heteroatoms. The van der Waals surface area contributed by atoms with E-state index in [2.05, 4.69) is 15.5 Å². The molecule has 0 fully saturated rings. The van der Waals surface area contributed by atoms with Crippen LogP contribution < -0.4 is 5.32 Å². The van der Waals surface area contributed by atoms with E-state index in [1.165, 1.54) is 30.3 Å². The van der Waals surface area contributed by atoms with Crippen LogP contribution >= 0.6 is 11.3 Å². The van der Waals surface area contributed by atoms with Gasteiger partial charge in [0.2, 0.25) is 10.1 Å². The molecule has 2 rings (SSSR count). The van der Waals surface area contributed by atoms with Crippen molar-refractivity contribution in [2.45, 2.75) is 6.18 Å². The Hall–Kier alpha value is -2.93. The first-order chi connectivity index (χ1) is 10.8. The minimum Gasteiger partial charge on any atom is -0.508 e. The molecular weight excluding hydrogens is 333 g/mol. The van der Waals surface area contributed by atoms with E-state index >= 15 is 0 Å². The average Bonchev–Trinajstić information content (AvgIpc) is 2.95. The van der Waals surface area contributed by atoms with Crippen molar-refractivity contribution in [3.8, 4) is 11.8 Å². The number of aromatic nitrogens is 2. The molecular formula is C13H7F3N4O2S. The molecule has 6 nitrogen and oxygen atoms in total. The Balaban J connectivity index is 2.16. The van der Waals surface area contributed by atoms with E-state index in [1.807, 2.05) is 0 Å². The van der Waals surface area contributed by atoms with Crippen molar-refractivity contribution in [3.63, 3.8) is 0 Å². The smallest absolute Gasteiger partial charge is 0.445 e. The first-order valence-corrected chi connectivity index (χ1v) is 6.74. The summed E-state index contributed by atoms with van der Waals surface area (Å²) in [6.45, 7) is 0. The van der Waals surface area contributed by atoms with Crippen molar-refractivity contribution >= 4 is 28.5 Å². The lowest BCUT2D eigenvalue weighted by atomic mass is 10.1. The summed E-state index contributed by atoms with van der Waals surface area (Å²) in [5, 5.41) is 24.8. The van der Waals surface area contributed by atoms with Gasteiger partial charge < -0.3 is 5.11 Å². The zero-order chi connectivity index (χ0) is 17.0. The minimum absolute atomic E-state index is 0.0126. The number of phenolic OH excluding ortho intramolecular Hbond substituents is 1. The Morgan fingerprint density at radius 3 is 2.48 bits per heavy atom. The third-order valence-electron chi connectivity index (χ3n) is 2.46. The van der Waals surface area contributed by atoms with Gasteiger partial charge in [0.25, 0.3) is 5.91 Å². The molecule has 118 valence electrons. The van der Waals surface area contributed by atoms with Crippen molar-refractivity contribution < 1.29 is 23.1 Å². The fraction of sp³-hybridized carbons (Fsp3) is 0.0769. The molecule has 0 spiro atoms. The lowest BCUT2D eigenvalue weighted by Gasteiger charge is -2.00. The van der Waals surface area contributed by atoms with Crippen LogP contribution in [-0.2, 0) is 11.0 Å². The number of carbonyl (C=O) groups is 1. The molecule has 1 aromatic heterocycles. The molecule has 0 atom stereocenters. The molecule has 0 aliphatic heterocycles. The number of phenols is 1. The number of nitriles is 1. The number of alkyl halides is 3. The molecule has 2 N–H and O–H groups in total. The molecule has 0 saturated carbocycles. The van der Waals surface area contributed by atoms with Gasteiger partial charge in [0.1, 0.15) is 17.4 Å². The zero-order valence-corrected chi connectivity index (χ0v) is 11.9. The zero-order valence-electron chi connectivity index (χ0n) is 11.1. The van der Waals surface area contributed by atoms with E-state index in [0.717, 1.165) is 0 Å². The third-order valence-corrected chi connectivity index (χ3v) is 3.34. The van der Waals surface area contributed by atoms with Crippen LogP contribution in [0.5, 0.6) is 5.75 Å². The minimum atomic E-state index is -4.65. The summed E-state index contributed by atoms with van der Waals surface area (Å²) < 4.78 is 37.2. The summed E-state index contributed by atoms with van der Waals surface area (Å²) in [5.74, 6) is -0.899. The van der Waals surface area contributed by atoms with Crippen molar-refractivity contribution in [2.24, 2.45) is 0 Å². The van der Waals surface area contributed by atoms with Gasteiger partial charge in [-0.3, -0.25) is 10.1 Å². The lowest BCUT2D eigenvalue weighted by Crippen LogP contribution is -2.13. The number of amides is 1. The summed E-state index contributed by atoms with van der Waals surface area (Å²) in [4.78, 5) is 11.9. The van der Waals surface area contributed by atoms with Crippen molar-refractivity contribution in [2.75, 3.05) is 5.32 Å². The Morgan fingerprint density at radius 1 is 1.30 bits per heavy atom. The Labute approximate surface area is 131 Å². The van der Waals surface area contributed by atoms with Crippen LogP contribution in [0.1, 0.15) is 10.6 Å². The number of hydrogen-bond acceptors (Lipinski definition) is 6. The molecule has 23 heavy (non-hydrogen) atoms. The summed E-state index contributed by atoms with van der Waals surface area (Å²) >= 11 is 0.155. The fourth-order valence-electron chi connectivity index (χ4n) is 1.44. The highest BCUT2D eigenvalue weighted by atomic mass is 32.1. The molecule has 0 unspecified atom stereocenters. The van der Waals surface area contributed by atoms with Gasteiger partial charge >= 0.3 is 6.18 Å². The van der Waals surface area contributed by atoms with Crippen LogP contribution in [0.25, 0.3) is 6.08 Å². The molecule has 0 aliphatic rings. The van der Waals surface area contributed by atoms with Gasteiger partial charge in [0.05, 0.1) is 0 Å². The van der Waals surface area contributed by atoms with Gasteiger partial charge in [-0.15, -0.1) is 10.2 Å². The molecule has 0 aliphatic carbocycles. The second-order valence-corrected chi connectivity index (χ2v) is 5.10. The normalized spacial score (nSPS) is 11.8. The summed E-state index contributed by atoms with van der Waals surface area (Å²) in [7, 11) is 0. The number of rotatable bonds is 3. The van der Waals surface area contributed by atoms with E-state index in [-0.39, 0.29) is 27.8 Å². The molecule has 1 heterocycles. The Morgan fingerprint density at radius 2 is 1.96 bits per heavy atom. The molecule has 2 aromatic rings. The van der Waals surface area contributed by atoms with Crippen LogP contribution in [0, 0.1) is 11.3 Å². The van der Waals surface area contributed by atoms with Crippen molar-refractivity contribution in [1.29, 1.82) is 5.26 Å². The maximum absolute atomic E-state index is 12.4. The standard InChI is InChI=1S/C13H7F3N4O2S/c14-13(15,16)11-19-20-12(23-11)18-10(22)8(6-17)5-7-1-3-9(21)4-2-7/h1-5,21H,(H,18,20,22)/b8-5-. The van der Waals surface area contributed by atoms with Crippen LogP contribution in [0.15, 0.2) is 29.8 Å². The van der Waals surface area contributed by atoms with E-state index in [9.17, 15) is 18.0 Å². The van der Waals surface area contributed by atoms with Crippen LogP contribution in [0.2, 0.25) is 0 Å². The molecule has 1 aromatic carbocycles.